The van der Waals surface area contributed by atoms with E-state index in [-0.39, 0.29) is 11.0 Å². The second kappa shape index (κ2) is 7.35. The highest BCUT2D eigenvalue weighted by atomic mass is 32.2. The van der Waals surface area contributed by atoms with Crippen LogP contribution >= 0.6 is 11.8 Å². The van der Waals surface area contributed by atoms with Crippen molar-refractivity contribution in [1.29, 1.82) is 0 Å². The van der Waals surface area contributed by atoms with Crippen molar-refractivity contribution in [1.82, 2.24) is 10.3 Å². The molecular weight excluding hydrogens is 328 g/mol. The van der Waals surface area contributed by atoms with Gasteiger partial charge in [0, 0.05) is 18.0 Å². The van der Waals surface area contributed by atoms with Crippen LogP contribution < -0.4 is 14.8 Å². The zero-order chi connectivity index (χ0) is 16.9. The third-order valence-electron chi connectivity index (χ3n) is 3.52. The van der Waals surface area contributed by atoms with Crippen molar-refractivity contribution in [3.63, 3.8) is 0 Å². The number of methoxy groups -OCH3 is 1. The van der Waals surface area contributed by atoms with Crippen molar-refractivity contribution < 1.29 is 19.1 Å². The Labute approximate surface area is 143 Å². The normalized spacial score (nSPS) is 16.7. The Hall–Kier alpha value is -2.54. The van der Waals surface area contributed by atoms with Crippen molar-refractivity contribution in [2.24, 2.45) is 0 Å². The fourth-order valence-electron chi connectivity index (χ4n) is 2.26. The summed E-state index contributed by atoms with van der Waals surface area (Å²) < 4.78 is 10.9. The number of para-hydroxylation sites is 2. The minimum Gasteiger partial charge on any atom is -0.493 e. The minimum atomic E-state index is -0.410. The zero-order valence-electron chi connectivity index (χ0n) is 13.0. The first-order chi connectivity index (χ1) is 11.7. The maximum absolute atomic E-state index is 12.1. The lowest BCUT2D eigenvalue weighted by Gasteiger charge is -2.11. The van der Waals surface area contributed by atoms with Crippen molar-refractivity contribution in [2.45, 2.75) is 12.5 Å². The molecule has 124 valence electrons. The smallest absolute Gasteiger partial charge is 0.253 e. The molecule has 2 aromatic rings. The molecule has 1 fully saturated rings. The topological polar surface area (TPSA) is 77.5 Å². The maximum atomic E-state index is 12.1. The highest BCUT2D eigenvalue weighted by Gasteiger charge is 2.27. The van der Waals surface area contributed by atoms with Gasteiger partial charge in [-0.15, -0.1) is 0 Å². The number of benzene rings is 1. The summed E-state index contributed by atoms with van der Waals surface area (Å²) in [5, 5.41) is 2.73. The number of rotatable bonds is 5. The molecule has 0 unspecified atom stereocenters. The maximum Gasteiger partial charge on any atom is 0.253 e. The van der Waals surface area contributed by atoms with E-state index in [0.29, 0.717) is 29.4 Å². The number of pyridine rings is 1. The minimum absolute atomic E-state index is 0.00688. The summed E-state index contributed by atoms with van der Waals surface area (Å²) in [7, 11) is 1.56. The molecule has 0 spiro atoms. The lowest BCUT2D eigenvalue weighted by molar-refractivity contribution is -0.112. The number of hydrogen-bond donors (Lipinski definition) is 1. The Morgan fingerprint density at radius 1 is 1.25 bits per heavy atom. The molecule has 1 amide bonds. The molecule has 1 aliphatic heterocycles. The molecule has 7 heteroatoms. The van der Waals surface area contributed by atoms with Crippen molar-refractivity contribution >= 4 is 22.8 Å². The van der Waals surface area contributed by atoms with E-state index in [1.54, 1.807) is 31.4 Å². The summed E-state index contributed by atoms with van der Waals surface area (Å²) in [5.74, 6) is 1.92. The van der Waals surface area contributed by atoms with Gasteiger partial charge in [0.25, 0.3) is 5.91 Å². The van der Waals surface area contributed by atoms with Gasteiger partial charge < -0.3 is 14.8 Å². The van der Waals surface area contributed by atoms with Gasteiger partial charge in [0.1, 0.15) is 0 Å². The first-order valence-corrected chi connectivity index (χ1v) is 8.40. The van der Waals surface area contributed by atoms with Gasteiger partial charge in [0.05, 0.1) is 18.7 Å². The molecule has 1 aromatic carbocycles. The molecule has 0 bridgehead atoms. The predicted octanol–water partition coefficient (Wildman–Crippen LogP) is 2.64. The molecule has 1 aliphatic rings. The molecule has 1 atom stereocenters. The second-order valence-corrected chi connectivity index (χ2v) is 6.22. The zero-order valence-corrected chi connectivity index (χ0v) is 13.8. The van der Waals surface area contributed by atoms with Gasteiger partial charge in [-0.3, -0.25) is 9.59 Å². The third-order valence-corrected chi connectivity index (χ3v) is 4.53. The van der Waals surface area contributed by atoms with E-state index < -0.39 is 6.04 Å². The Balaban J connectivity index is 1.66. The van der Waals surface area contributed by atoms with Crippen LogP contribution in [0.25, 0.3) is 0 Å². The van der Waals surface area contributed by atoms with E-state index in [1.807, 2.05) is 12.1 Å². The first kappa shape index (κ1) is 16.3. The summed E-state index contributed by atoms with van der Waals surface area (Å²) in [6, 6.07) is 10.0. The number of nitrogens with one attached hydrogen (secondary N) is 1. The highest BCUT2D eigenvalue weighted by Crippen LogP contribution is 2.29. The van der Waals surface area contributed by atoms with Crippen molar-refractivity contribution in [3.8, 4) is 17.4 Å². The van der Waals surface area contributed by atoms with Gasteiger partial charge in [0.2, 0.25) is 11.0 Å². The third kappa shape index (κ3) is 3.68. The Morgan fingerprint density at radius 3 is 2.67 bits per heavy atom. The van der Waals surface area contributed by atoms with Crippen LogP contribution in [-0.2, 0) is 4.79 Å². The highest BCUT2D eigenvalue weighted by molar-refractivity contribution is 8.14. The van der Waals surface area contributed by atoms with Crippen LogP contribution in [0.4, 0.5) is 0 Å². The molecule has 3 rings (SSSR count). The van der Waals surface area contributed by atoms with Crippen LogP contribution in [-0.4, -0.2) is 34.9 Å². The van der Waals surface area contributed by atoms with Crippen LogP contribution in [0.15, 0.2) is 42.6 Å². The van der Waals surface area contributed by atoms with Gasteiger partial charge >= 0.3 is 0 Å². The largest absolute Gasteiger partial charge is 0.493 e. The summed E-state index contributed by atoms with van der Waals surface area (Å²) in [4.78, 5) is 27.8. The number of amides is 1. The number of nitrogens with zero attached hydrogens (tertiary/aromatic N) is 1. The summed E-state index contributed by atoms with van der Waals surface area (Å²) >= 11 is 1.25. The number of carbonyl (C=O) groups excluding carboxylic acids is 2. The number of carbonyl (C=O) groups is 2. The first-order valence-electron chi connectivity index (χ1n) is 7.42. The molecular formula is C17H16N2O4S. The summed E-state index contributed by atoms with van der Waals surface area (Å²) in [5.41, 5.74) is 0.382. The Bertz CT molecular complexity index is 749. The molecule has 6 nitrogen and oxygen atoms in total. The second-order valence-electron chi connectivity index (χ2n) is 5.12. The molecule has 0 radical (unpaired) electrons. The number of thioether (sulfide) groups is 1. The van der Waals surface area contributed by atoms with Gasteiger partial charge in [0.15, 0.2) is 11.5 Å². The van der Waals surface area contributed by atoms with E-state index in [4.69, 9.17) is 9.47 Å². The van der Waals surface area contributed by atoms with Crippen molar-refractivity contribution in [2.75, 3.05) is 12.9 Å². The van der Waals surface area contributed by atoms with Crippen LogP contribution in [0.5, 0.6) is 17.4 Å². The molecule has 1 N–H and O–H groups in total. The average Bonchev–Trinajstić information content (AvgIpc) is 3.01. The standard InChI is InChI=1S/C17H16N2O4S/c1-22-13-4-2-3-5-14(13)23-15-7-6-11(10-18-15)16(20)19-12-8-9-24-17(12)21/h2-7,10,12H,8-9H2,1H3,(H,19,20)/t12-/m1/s1. The lowest BCUT2D eigenvalue weighted by atomic mass is 10.2. The molecule has 2 heterocycles. The van der Waals surface area contributed by atoms with Crippen LogP contribution in [0.3, 0.4) is 0 Å². The van der Waals surface area contributed by atoms with E-state index in [2.05, 4.69) is 10.3 Å². The van der Waals surface area contributed by atoms with Gasteiger partial charge in [-0.1, -0.05) is 23.9 Å². The molecule has 0 saturated carbocycles. The van der Waals surface area contributed by atoms with E-state index in [9.17, 15) is 9.59 Å². The average molecular weight is 344 g/mol. The quantitative estimate of drug-likeness (QED) is 0.898. The predicted molar refractivity (Wildman–Crippen MR) is 90.6 cm³/mol. The van der Waals surface area contributed by atoms with Crippen molar-refractivity contribution in [3.05, 3.63) is 48.2 Å². The number of hydrogen-bond acceptors (Lipinski definition) is 6. The van der Waals surface area contributed by atoms with Crippen LogP contribution in [0.1, 0.15) is 16.8 Å². The SMILES string of the molecule is COc1ccccc1Oc1ccc(C(=O)N[C@@H]2CCSC2=O)cn1. The van der Waals surface area contributed by atoms with E-state index in [1.165, 1.54) is 18.0 Å². The van der Waals surface area contributed by atoms with Crippen LogP contribution in [0.2, 0.25) is 0 Å². The number of ether oxygens (including phenoxy) is 2. The van der Waals surface area contributed by atoms with Gasteiger partial charge in [-0.25, -0.2) is 4.98 Å². The van der Waals surface area contributed by atoms with Gasteiger partial charge in [-0.05, 0) is 24.6 Å². The molecule has 24 heavy (non-hydrogen) atoms. The lowest BCUT2D eigenvalue weighted by Crippen LogP contribution is -2.37. The fraction of sp³-hybridized carbons (Fsp3) is 0.235. The van der Waals surface area contributed by atoms with E-state index in [0.717, 1.165) is 5.75 Å². The number of aromatic nitrogens is 1. The Morgan fingerprint density at radius 2 is 2.04 bits per heavy atom. The summed E-state index contributed by atoms with van der Waals surface area (Å²) in [6.45, 7) is 0. The molecule has 1 saturated heterocycles. The summed E-state index contributed by atoms with van der Waals surface area (Å²) in [6.07, 6.45) is 2.09. The van der Waals surface area contributed by atoms with E-state index >= 15 is 0 Å². The monoisotopic (exact) mass is 344 g/mol. The molecule has 0 aliphatic carbocycles. The van der Waals surface area contributed by atoms with Crippen LogP contribution in [0, 0.1) is 0 Å². The fourth-order valence-corrected chi connectivity index (χ4v) is 3.19. The molecule has 1 aromatic heterocycles. The van der Waals surface area contributed by atoms with Gasteiger partial charge in [-0.2, -0.15) is 0 Å². The Kier molecular flexibility index (Phi) is 5.00.